The van der Waals surface area contributed by atoms with Crippen LogP contribution in [-0.4, -0.2) is 16.6 Å². The average molecular weight is 488 g/mol. The zero-order valence-electron chi connectivity index (χ0n) is 15.0. The third-order valence-corrected chi connectivity index (χ3v) is 6.30. The lowest BCUT2D eigenvalue weighted by molar-refractivity contribution is -0.131. The molecule has 1 aliphatic heterocycles. The number of hydrazone groups is 1. The van der Waals surface area contributed by atoms with E-state index in [1.54, 1.807) is 11.9 Å². The average Bonchev–Trinajstić information content (AvgIpc) is 3.05. The Hall–Kier alpha value is -1.72. The van der Waals surface area contributed by atoms with Crippen molar-refractivity contribution in [2.75, 3.05) is 0 Å². The highest BCUT2D eigenvalue weighted by molar-refractivity contribution is 9.10. The van der Waals surface area contributed by atoms with Crippen LogP contribution in [0.3, 0.4) is 0 Å². The summed E-state index contributed by atoms with van der Waals surface area (Å²) in [6, 6.07) is 16.5. The fourth-order valence-corrected chi connectivity index (χ4v) is 4.54. The number of benzene rings is 2. The van der Waals surface area contributed by atoms with Gasteiger partial charge in [-0.25, -0.2) is 5.01 Å². The molecule has 0 bridgehead atoms. The molecule has 0 radical (unpaired) electrons. The smallest absolute Gasteiger partial charge is 0.240 e. The van der Waals surface area contributed by atoms with Gasteiger partial charge in [-0.2, -0.15) is 5.10 Å². The molecule has 0 spiro atoms. The summed E-state index contributed by atoms with van der Waals surface area (Å²) in [5.41, 5.74) is 4.63. The lowest BCUT2D eigenvalue weighted by Crippen LogP contribution is -2.30. The second-order valence-electron chi connectivity index (χ2n) is 7.07. The van der Waals surface area contributed by atoms with Crippen molar-refractivity contribution in [3.8, 4) is 0 Å². The van der Waals surface area contributed by atoms with Crippen molar-refractivity contribution in [1.29, 1.82) is 0 Å². The van der Waals surface area contributed by atoms with Gasteiger partial charge in [-0.05, 0) is 66.3 Å². The minimum Gasteiger partial charge on any atom is -0.273 e. The number of halogens is 2. The molecule has 2 unspecified atom stereocenters. The Kier molecular flexibility index (Phi) is 5.33. The van der Waals surface area contributed by atoms with Crippen molar-refractivity contribution in [3.05, 3.63) is 74.2 Å². The van der Waals surface area contributed by atoms with Gasteiger partial charge < -0.3 is 0 Å². The predicted molar refractivity (Wildman–Crippen MR) is 116 cm³/mol. The molecule has 2 aromatic carbocycles. The number of hydrogen-bond donors (Lipinski definition) is 0. The van der Waals surface area contributed by atoms with E-state index in [0.29, 0.717) is 0 Å². The monoisotopic (exact) mass is 486 g/mol. The maximum Gasteiger partial charge on any atom is 0.240 e. The van der Waals surface area contributed by atoms with E-state index in [4.69, 9.17) is 5.10 Å². The Morgan fingerprint density at radius 2 is 1.70 bits per heavy atom. The van der Waals surface area contributed by atoms with Gasteiger partial charge in [0.05, 0.1) is 11.8 Å². The topological polar surface area (TPSA) is 32.7 Å². The predicted octanol–water partition coefficient (Wildman–Crippen LogP) is 6.35. The number of nitrogens with zero attached hydrogens (tertiary/aromatic N) is 2. The lowest BCUT2D eigenvalue weighted by atomic mass is 9.77. The number of hydrogen-bond acceptors (Lipinski definition) is 2. The van der Waals surface area contributed by atoms with Crippen molar-refractivity contribution in [2.45, 2.75) is 32.2 Å². The van der Waals surface area contributed by atoms with Crippen LogP contribution in [0.2, 0.25) is 0 Å². The quantitative estimate of drug-likeness (QED) is 0.485. The highest BCUT2D eigenvalue weighted by Gasteiger charge is 2.42. The molecule has 4 rings (SSSR count). The molecule has 2 aliphatic rings. The van der Waals surface area contributed by atoms with Crippen LogP contribution >= 0.6 is 31.9 Å². The van der Waals surface area contributed by atoms with Gasteiger partial charge in [0.25, 0.3) is 0 Å². The molecule has 2 atom stereocenters. The van der Waals surface area contributed by atoms with Crippen LogP contribution in [0, 0.1) is 5.92 Å². The van der Waals surface area contributed by atoms with E-state index in [0.717, 1.165) is 45.0 Å². The van der Waals surface area contributed by atoms with Crippen molar-refractivity contribution in [3.63, 3.8) is 0 Å². The van der Waals surface area contributed by atoms with Crippen molar-refractivity contribution >= 4 is 49.6 Å². The molecule has 3 nitrogen and oxygen atoms in total. The highest BCUT2D eigenvalue weighted by atomic mass is 79.9. The van der Waals surface area contributed by atoms with Gasteiger partial charge in [-0.15, -0.1) is 0 Å². The lowest BCUT2D eigenvalue weighted by Gasteiger charge is -2.29. The van der Waals surface area contributed by atoms with Gasteiger partial charge in [0.15, 0.2) is 0 Å². The maximum atomic E-state index is 12.3. The second-order valence-corrected chi connectivity index (χ2v) is 8.90. The Balaban J connectivity index is 1.72. The zero-order chi connectivity index (χ0) is 19.0. The number of rotatable bonds is 2. The molecule has 5 heteroatoms. The molecular weight excluding hydrogens is 468 g/mol. The fourth-order valence-electron chi connectivity index (χ4n) is 4.02. The first-order valence-electron chi connectivity index (χ1n) is 9.13. The Morgan fingerprint density at radius 3 is 2.33 bits per heavy atom. The minimum atomic E-state index is -0.0146. The van der Waals surface area contributed by atoms with Crippen LogP contribution in [0.5, 0.6) is 0 Å². The number of carbonyl (C=O) groups excluding carboxylic acids is 1. The highest BCUT2D eigenvalue weighted by Crippen LogP contribution is 2.44. The number of carbonyl (C=O) groups is 1. The molecular formula is C22H20Br2N2O. The zero-order valence-corrected chi connectivity index (χ0v) is 18.2. The van der Waals surface area contributed by atoms with Gasteiger partial charge in [0.2, 0.25) is 5.91 Å². The second kappa shape index (κ2) is 7.72. The van der Waals surface area contributed by atoms with Crippen molar-refractivity contribution in [1.82, 2.24) is 5.01 Å². The van der Waals surface area contributed by atoms with E-state index >= 15 is 0 Å². The molecule has 0 saturated heterocycles. The molecule has 1 aliphatic carbocycles. The van der Waals surface area contributed by atoms with Crippen LogP contribution in [0.4, 0.5) is 0 Å². The molecule has 1 amide bonds. The van der Waals surface area contributed by atoms with Crippen LogP contribution in [0.15, 0.2) is 68.2 Å². The summed E-state index contributed by atoms with van der Waals surface area (Å²) in [5, 5.41) is 6.48. The number of fused-ring (bicyclic) bond motifs is 1. The third kappa shape index (κ3) is 3.81. The standard InChI is InChI=1S/C22H20Br2N2O/c1-14(27)26-22(16-7-11-19(24)12-8-16)20-4-2-3-17(21(20)25-26)13-15-5-9-18(23)10-6-15/h5-13,20,22H,2-4H2,1H3/b17-13+. The van der Waals surface area contributed by atoms with Crippen LogP contribution in [0.25, 0.3) is 6.08 Å². The molecule has 1 saturated carbocycles. The van der Waals surface area contributed by atoms with Crippen LogP contribution < -0.4 is 0 Å². The van der Waals surface area contributed by atoms with Gasteiger partial charge in [0, 0.05) is 21.8 Å². The first kappa shape index (κ1) is 18.6. The summed E-state index contributed by atoms with van der Waals surface area (Å²) < 4.78 is 2.11. The van der Waals surface area contributed by atoms with Gasteiger partial charge in [-0.1, -0.05) is 56.1 Å². The van der Waals surface area contributed by atoms with Crippen molar-refractivity contribution in [2.24, 2.45) is 11.0 Å². The van der Waals surface area contributed by atoms with E-state index in [-0.39, 0.29) is 17.9 Å². The van der Waals surface area contributed by atoms with Gasteiger partial charge >= 0.3 is 0 Å². The fraction of sp³-hybridized carbons (Fsp3) is 0.273. The van der Waals surface area contributed by atoms with E-state index in [1.165, 1.54) is 5.57 Å². The Bertz CT molecular complexity index is 916. The van der Waals surface area contributed by atoms with E-state index in [9.17, 15) is 4.79 Å². The van der Waals surface area contributed by atoms with Gasteiger partial charge in [-0.3, -0.25) is 4.79 Å². The van der Waals surface area contributed by atoms with E-state index < -0.39 is 0 Å². The maximum absolute atomic E-state index is 12.3. The first-order valence-corrected chi connectivity index (χ1v) is 10.7. The number of amides is 1. The normalized spacial score (nSPS) is 23.3. The summed E-state index contributed by atoms with van der Waals surface area (Å²) in [4.78, 5) is 12.3. The Morgan fingerprint density at radius 1 is 1.07 bits per heavy atom. The van der Waals surface area contributed by atoms with Crippen LogP contribution in [0.1, 0.15) is 43.4 Å². The van der Waals surface area contributed by atoms with Gasteiger partial charge in [0.1, 0.15) is 0 Å². The largest absolute Gasteiger partial charge is 0.273 e. The van der Waals surface area contributed by atoms with Crippen LogP contribution in [-0.2, 0) is 4.79 Å². The minimum absolute atomic E-state index is 0.00666. The summed E-state index contributed by atoms with van der Waals surface area (Å²) in [6.45, 7) is 1.60. The summed E-state index contributed by atoms with van der Waals surface area (Å²) in [5.74, 6) is 0.248. The Labute approximate surface area is 176 Å². The van der Waals surface area contributed by atoms with Crippen molar-refractivity contribution < 1.29 is 4.79 Å². The first-order chi connectivity index (χ1) is 13.0. The van der Waals surface area contributed by atoms with E-state index in [2.05, 4.69) is 74.3 Å². The summed E-state index contributed by atoms with van der Waals surface area (Å²) in [7, 11) is 0. The molecule has 138 valence electrons. The number of allylic oxidation sites excluding steroid dienone is 1. The SMILES string of the molecule is CC(=O)N1N=C2/C(=C/c3ccc(Br)cc3)CCCC2C1c1ccc(Br)cc1. The van der Waals surface area contributed by atoms with E-state index in [1.807, 2.05) is 12.1 Å². The molecule has 1 fully saturated rings. The molecule has 27 heavy (non-hydrogen) atoms. The molecule has 0 aromatic heterocycles. The summed E-state index contributed by atoms with van der Waals surface area (Å²) in [6.07, 6.45) is 5.40. The molecule has 0 N–H and O–H groups in total. The molecule has 1 heterocycles. The molecule has 2 aromatic rings. The summed E-state index contributed by atoms with van der Waals surface area (Å²) >= 11 is 6.98. The third-order valence-electron chi connectivity index (χ3n) is 5.25.